The fourth-order valence-electron chi connectivity index (χ4n) is 6.65. The van der Waals surface area contributed by atoms with Crippen LogP contribution < -0.4 is 27.0 Å². The Kier molecular flexibility index (Phi) is 18.6. The van der Waals surface area contributed by atoms with E-state index in [0.717, 1.165) is 5.56 Å². The first kappa shape index (κ1) is 48.5. The normalized spacial score (nSPS) is 19.2. The third kappa shape index (κ3) is 14.1. The number of carbonyl (C=O) groups is 7. The largest absolute Gasteiger partial charge is 0.467 e. The van der Waals surface area contributed by atoms with Crippen LogP contribution >= 0.6 is 0 Å². The molecule has 0 aromatic heterocycles. The molecule has 9 atom stereocenters. The molecular weight excluding hydrogens is 740 g/mol. The van der Waals surface area contributed by atoms with Crippen LogP contribution in [0, 0.1) is 23.7 Å². The van der Waals surface area contributed by atoms with Crippen molar-refractivity contribution in [2.45, 2.75) is 136 Å². The number of nitrogens with two attached hydrogens (primary N) is 1. The number of nitrogens with one attached hydrogen (secondary N) is 4. The monoisotopic (exact) mass is 804 g/mol. The highest BCUT2D eigenvalue weighted by Crippen LogP contribution is 2.36. The molecule has 1 aliphatic carbocycles. The number of imide groups is 1. The number of rotatable bonds is 18. The number of benzene rings is 1. The van der Waals surface area contributed by atoms with Gasteiger partial charge in [0.2, 0.25) is 23.6 Å². The number of ether oxygens (including phenoxy) is 2. The van der Waals surface area contributed by atoms with Crippen molar-refractivity contribution in [3.63, 3.8) is 0 Å². The molecule has 4 unspecified atom stereocenters. The van der Waals surface area contributed by atoms with E-state index in [1.807, 2.05) is 0 Å². The van der Waals surface area contributed by atoms with Crippen molar-refractivity contribution in [3.05, 3.63) is 35.9 Å². The van der Waals surface area contributed by atoms with Gasteiger partial charge in [0.1, 0.15) is 35.8 Å². The molecule has 1 aromatic carbocycles. The van der Waals surface area contributed by atoms with Crippen LogP contribution in [0.5, 0.6) is 0 Å². The van der Waals surface area contributed by atoms with Gasteiger partial charge in [-0.2, -0.15) is 0 Å². The lowest BCUT2D eigenvalue weighted by Gasteiger charge is -2.35. The topological polar surface area (TPSA) is 256 Å². The molecule has 17 heteroatoms. The molecule has 1 aromatic rings. The van der Waals surface area contributed by atoms with E-state index in [9.17, 15) is 43.8 Å². The summed E-state index contributed by atoms with van der Waals surface area (Å²) in [4.78, 5) is 93.9. The van der Waals surface area contributed by atoms with Gasteiger partial charge in [0.05, 0.1) is 25.9 Å². The van der Waals surface area contributed by atoms with Crippen LogP contribution in [-0.4, -0.2) is 118 Å². The van der Waals surface area contributed by atoms with Gasteiger partial charge >= 0.3 is 12.1 Å². The zero-order valence-corrected chi connectivity index (χ0v) is 34.9. The first-order valence-electron chi connectivity index (χ1n) is 19.5. The molecule has 1 fully saturated rings. The molecule has 2 rings (SSSR count). The molecule has 0 bridgehead atoms. The van der Waals surface area contributed by atoms with E-state index in [1.54, 1.807) is 78.8 Å². The number of hydrogen-bond donors (Lipinski definition) is 7. The maximum absolute atomic E-state index is 14.1. The lowest BCUT2D eigenvalue weighted by molar-refractivity contribution is -0.147. The predicted molar refractivity (Wildman–Crippen MR) is 210 cm³/mol. The third-order valence-corrected chi connectivity index (χ3v) is 9.91. The van der Waals surface area contributed by atoms with E-state index >= 15 is 0 Å². The minimum Gasteiger partial charge on any atom is -0.467 e. The Morgan fingerprint density at radius 2 is 1.44 bits per heavy atom. The van der Waals surface area contributed by atoms with Crippen LogP contribution in [0.4, 0.5) is 4.79 Å². The minimum absolute atomic E-state index is 0.109. The summed E-state index contributed by atoms with van der Waals surface area (Å²) in [6, 6.07) is 1.81. The maximum atomic E-state index is 14.1. The Balaban J connectivity index is 2.42. The van der Waals surface area contributed by atoms with Crippen LogP contribution in [0.15, 0.2) is 30.3 Å². The second kappa shape index (κ2) is 21.8. The lowest BCUT2D eigenvalue weighted by atomic mass is 9.84. The van der Waals surface area contributed by atoms with Gasteiger partial charge in [-0.15, -0.1) is 0 Å². The molecule has 0 radical (unpaired) electrons. The van der Waals surface area contributed by atoms with Gasteiger partial charge < -0.3 is 46.7 Å². The average Bonchev–Trinajstić information content (AvgIpc) is 3.64. The number of nitrogens with zero attached hydrogens (tertiary/aromatic N) is 1. The van der Waals surface area contributed by atoms with E-state index in [-0.39, 0.29) is 18.3 Å². The quantitative estimate of drug-likeness (QED) is 0.102. The molecule has 0 spiro atoms. The fourth-order valence-corrected chi connectivity index (χ4v) is 6.65. The molecule has 17 nitrogen and oxygen atoms in total. The molecule has 0 saturated heterocycles. The van der Waals surface area contributed by atoms with Gasteiger partial charge in [-0.3, -0.25) is 24.0 Å². The molecule has 6 amide bonds. The number of esters is 1. The first-order chi connectivity index (χ1) is 26.5. The molecule has 320 valence electrons. The summed E-state index contributed by atoms with van der Waals surface area (Å²) < 4.78 is 10.3. The highest BCUT2D eigenvalue weighted by molar-refractivity contribution is 6.01. The van der Waals surface area contributed by atoms with Gasteiger partial charge in [0, 0.05) is 5.92 Å². The van der Waals surface area contributed by atoms with Gasteiger partial charge in [0.15, 0.2) is 0 Å². The van der Waals surface area contributed by atoms with Crippen molar-refractivity contribution < 1.29 is 53.2 Å². The van der Waals surface area contributed by atoms with Crippen molar-refractivity contribution in [2.75, 3.05) is 13.7 Å². The van der Waals surface area contributed by atoms with Crippen molar-refractivity contribution in [3.8, 4) is 0 Å². The highest BCUT2D eigenvalue weighted by atomic mass is 16.6. The van der Waals surface area contributed by atoms with E-state index in [0.29, 0.717) is 24.2 Å². The second-order valence-corrected chi connectivity index (χ2v) is 16.4. The first-order valence-corrected chi connectivity index (χ1v) is 19.5. The standard InChI is InChI=1S/C40H64N6O11/c1-21(2)30(36(52)45-31(22(3)4)38(54)56-10)44-34(50)27-18-14-17-26(27)32(48)29(19-25-15-12-11-13-16-25)43-33(49)24(6)46(39(55)57-40(7,8)9)37(53)23(5)42-35(51)28(41)20-47/h11-13,15-16,21-24,26-32,47-48H,14,17-20,41H2,1-10H3,(H,42,51)(H,43,49)(H,44,50)(H,45,52)/t23-,24-,26?,27-,28-,29?,30-,31?,32?/m0/s1. The minimum atomic E-state index is -1.52. The van der Waals surface area contributed by atoms with Gasteiger partial charge in [-0.25, -0.2) is 14.5 Å². The number of carbonyl (C=O) groups excluding carboxylic acids is 7. The van der Waals surface area contributed by atoms with Gasteiger partial charge in [0.25, 0.3) is 5.91 Å². The summed E-state index contributed by atoms with van der Waals surface area (Å²) in [5.74, 6) is -6.40. The summed E-state index contributed by atoms with van der Waals surface area (Å²) in [6.45, 7) is 13.6. The van der Waals surface area contributed by atoms with Crippen molar-refractivity contribution in [1.82, 2.24) is 26.2 Å². The van der Waals surface area contributed by atoms with Crippen molar-refractivity contribution in [1.29, 1.82) is 0 Å². The number of hydrogen-bond acceptors (Lipinski definition) is 12. The van der Waals surface area contributed by atoms with Crippen molar-refractivity contribution in [2.24, 2.45) is 29.4 Å². The van der Waals surface area contributed by atoms with Gasteiger partial charge in [-0.05, 0) is 77.2 Å². The highest BCUT2D eigenvalue weighted by Gasteiger charge is 2.44. The summed E-state index contributed by atoms with van der Waals surface area (Å²) in [5, 5.41) is 32.0. The van der Waals surface area contributed by atoms with Crippen LogP contribution in [0.3, 0.4) is 0 Å². The number of amides is 6. The Bertz CT molecular complexity index is 1550. The molecule has 1 saturated carbocycles. The van der Waals surface area contributed by atoms with Crippen LogP contribution in [-0.2, 0) is 44.7 Å². The zero-order chi connectivity index (χ0) is 43.4. The second-order valence-electron chi connectivity index (χ2n) is 16.4. The SMILES string of the molecule is COC(=O)C(NC(=O)[C@@H](NC(=O)[C@H]1CCCC1C(O)C(Cc1ccccc1)NC(=O)[C@H](C)N(C(=O)OC(C)(C)C)C(=O)[C@H](C)NC(=O)[C@@H](N)CO)C(C)C)C(C)C. The maximum Gasteiger partial charge on any atom is 0.417 e. The van der Waals surface area contributed by atoms with E-state index in [4.69, 9.17) is 15.2 Å². The molecule has 0 heterocycles. The smallest absolute Gasteiger partial charge is 0.417 e. The zero-order valence-electron chi connectivity index (χ0n) is 34.9. The van der Waals surface area contributed by atoms with Crippen LogP contribution in [0.25, 0.3) is 0 Å². The number of methoxy groups -OCH3 is 1. The Morgan fingerprint density at radius 3 is 1.96 bits per heavy atom. The summed E-state index contributed by atoms with van der Waals surface area (Å²) in [5.41, 5.74) is 5.25. The molecule has 8 N–H and O–H groups in total. The Hall–Kier alpha value is -4.61. The van der Waals surface area contributed by atoms with Crippen LogP contribution in [0.2, 0.25) is 0 Å². The molecule has 0 aliphatic heterocycles. The van der Waals surface area contributed by atoms with Gasteiger partial charge in [-0.1, -0.05) is 64.4 Å². The number of aliphatic hydroxyl groups is 2. The Morgan fingerprint density at radius 1 is 0.842 bits per heavy atom. The van der Waals surface area contributed by atoms with E-state index < -0.39 is 108 Å². The summed E-state index contributed by atoms with van der Waals surface area (Å²) in [6.07, 6.45) is -0.975. The predicted octanol–water partition coefficient (Wildman–Crippen LogP) is 0.922. The molecule has 1 aliphatic rings. The van der Waals surface area contributed by atoms with Crippen molar-refractivity contribution >= 4 is 41.6 Å². The average molecular weight is 805 g/mol. The summed E-state index contributed by atoms with van der Waals surface area (Å²) >= 11 is 0. The van der Waals surface area contributed by atoms with E-state index in [2.05, 4.69) is 21.3 Å². The van der Waals surface area contributed by atoms with Crippen LogP contribution in [0.1, 0.15) is 87.1 Å². The summed E-state index contributed by atoms with van der Waals surface area (Å²) in [7, 11) is 1.22. The van der Waals surface area contributed by atoms with E-state index in [1.165, 1.54) is 21.0 Å². The third-order valence-electron chi connectivity index (χ3n) is 9.91. The lowest BCUT2D eigenvalue weighted by Crippen LogP contribution is -2.60. The molecular formula is C40H64N6O11. The fraction of sp³-hybridized carbons (Fsp3) is 0.675. The number of aliphatic hydroxyl groups excluding tert-OH is 2. The Labute approximate surface area is 335 Å². The molecule has 57 heavy (non-hydrogen) atoms.